The maximum Gasteiger partial charge on any atom is 0.238 e. The molecule has 1 atom stereocenters. The van der Waals surface area contributed by atoms with Gasteiger partial charge in [0.15, 0.2) is 0 Å². The zero-order chi connectivity index (χ0) is 20.3. The molecule has 150 valence electrons. The monoisotopic (exact) mass is 513 g/mol. The molecular formula is C22H25FINO2S. The molecule has 0 N–H and O–H groups in total. The first-order valence-corrected chi connectivity index (χ1v) is 11.6. The second-order valence-electron chi connectivity index (χ2n) is 7.10. The summed E-state index contributed by atoms with van der Waals surface area (Å²) >= 11 is 3.94. The lowest BCUT2D eigenvalue weighted by atomic mass is 9.80. The van der Waals surface area contributed by atoms with Gasteiger partial charge in [0.2, 0.25) is 5.91 Å². The van der Waals surface area contributed by atoms with Gasteiger partial charge in [0, 0.05) is 16.3 Å². The fourth-order valence-corrected chi connectivity index (χ4v) is 5.63. The van der Waals surface area contributed by atoms with Gasteiger partial charge in [-0.25, -0.2) is 4.39 Å². The standard InChI is InChI=1S/C22H25FINO2S/c1-4-6-11-22(5-2)14-28-20-13-19(27-3)17(24)12-18(20)25(21(22)26)16-9-7-15(23)8-10-16/h7-10,12-13H,4-6,11,14H2,1-3H3. The predicted molar refractivity (Wildman–Crippen MR) is 122 cm³/mol. The van der Waals surface area contributed by atoms with E-state index in [1.54, 1.807) is 35.9 Å². The van der Waals surface area contributed by atoms with Gasteiger partial charge in [-0.15, -0.1) is 11.8 Å². The van der Waals surface area contributed by atoms with Gasteiger partial charge in [0.25, 0.3) is 0 Å². The first-order chi connectivity index (χ1) is 13.5. The van der Waals surface area contributed by atoms with Crippen molar-refractivity contribution >= 4 is 51.6 Å². The number of benzene rings is 2. The molecule has 6 heteroatoms. The quantitative estimate of drug-likeness (QED) is 0.398. The van der Waals surface area contributed by atoms with E-state index in [1.807, 2.05) is 12.1 Å². The largest absolute Gasteiger partial charge is 0.496 e. The van der Waals surface area contributed by atoms with Crippen LogP contribution in [0.2, 0.25) is 0 Å². The van der Waals surface area contributed by atoms with E-state index in [9.17, 15) is 9.18 Å². The lowest BCUT2D eigenvalue weighted by molar-refractivity contribution is -0.126. The van der Waals surface area contributed by atoms with Crippen LogP contribution in [-0.4, -0.2) is 18.8 Å². The summed E-state index contributed by atoms with van der Waals surface area (Å²) in [5, 5.41) is 0. The molecule has 0 bridgehead atoms. The third kappa shape index (κ3) is 4.03. The molecule has 3 nitrogen and oxygen atoms in total. The average molecular weight is 513 g/mol. The predicted octanol–water partition coefficient (Wildman–Crippen LogP) is 6.80. The number of carbonyl (C=O) groups is 1. The van der Waals surface area contributed by atoms with Gasteiger partial charge >= 0.3 is 0 Å². The second kappa shape index (κ2) is 9.03. The normalized spacial score (nSPS) is 19.3. The Morgan fingerprint density at radius 2 is 1.96 bits per heavy atom. The maximum absolute atomic E-state index is 13.9. The van der Waals surface area contributed by atoms with Crippen molar-refractivity contribution in [3.8, 4) is 5.75 Å². The lowest BCUT2D eigenvalue weighted by Gasteiger charge is -2.34. The SMILES string of the molecule is CCCCC1(CC)CSc2cc(OC)c(I)cc2N(c2ccc(F)cc2)C1=O. The number of halogens is 2. The van der Waals surface area contributed by atoms with E-state index in [0.29, 0.717) is 5.69 Å². The topological polar surface area (TPSA) is 29.5 Å². The molecule has 28 heavy (non-hydrogen) atoms. The number of hydrogen-bond acceptors (Lipinski definition) is 3. The number of carbonyl (C=O) groups excluding carboxylic acids is 1. The summed E-state index contributed by atoms with van der Waals surface area (Å²) in [6.07, 6.45) is 3.69. The zero-order valence-electron chi connectivity index (χ0n) is 16.4. The second-order valence-corrected chi connectivity index (χ2v) is 9.28. The number of rotatable bonds is 6. The number of fused-ring (bicyclic) bond motifs is 1. The van der Waals surface area contributed by atoms with Crippen molar-refractivity contribution in [2.45, 2.75) is 44.4 Å². The number of anilines is 2. The Balaban J connectivity index is 2.19. The van der Waals surface area contributed by atoms with Gasteiger partial charge in [-0.1, -0.05) is 26.7 Å². The van der Waals surface area contributed by atoms with E-state index >= 15 is 0 Å². The number of thioether (sulfide) groups is 1. The highest BCUT2D eigenvalue weighted by molar-refractivity contribution is 14.1. The van der Waals surface area contributed by atoms with E-state index < -0.39 is 5.41 Å². The number of unbranched alkanes of at least 4 members (excludes halogenated alkanes) is 1. The Kier molecular flexibility index (Phi) is 6.91. The van der Waals surface area contributed by atoms with Crippen molar-refractivity contribution in [3.05, 3.63) is 45.8 Å². The van der Waals surface area contributed by atoms with Crippen LogP contribution in [0, 0.1) is 14.8 Å². The third-order valence-electron chi connectivity index (χ3n) is 5.41. The van der Waals surface area contributed by atoms with E-state index in [4.69, 9.17) is 4.74 Å². The molecule has 0 spiro atoms. The van der Waals surface area contributed by atoms with Crippen molar-refractivity contribution in [2.24, 2.45) is 5.41 Å². The smallest absolute Gasteiger partial charge is 0.238 e. The van der Waals surface area contributed by atoms with Crippen LogP contribution >= 0.6 is 34.4 Å². The summed E-state index contributed by atoms with van der Waals surface area (Å²) in [6.45, 7) is 4.24. The highest BCUT2D eigenvalue weighted by atomic mass is 127. The van der Waals surface area contributed by atoms with Gasteiger partial charge in [0.1, 0.15) is 11.6 Å². The van der Waals surface area contributed by atoms with Crippen molar-refractivity contribution < 1.29 is 13.9 Å². The van der Waals surface area contributed by atoms with Crippen molar-refractivity contribution in [1.29, 1.82) is 0 Å². The highest BCUT2D eigenvalue weighted by Gasteiger charge is 2.43. The van der Waals surface area contributed by atoms with Crippen LogP contribution < -0.4 is 9.64 Å². The summed E-state index contributed by atoms with van der Waals surface area (Å²) in [5.41, 5.74) is 1.11. The molecule has 1 aliphatic rings. The number of hydrogen-bond donors (Lipinski definition) is 0. The minimum Gasteiger partial charge on any atom is -0.496 e. The molecule has 0 aliphatic carbocycles. The first kappa shape index (κ1) is 21.4. The molecule has 0 saturated carbocycles. The number of methoxy groups -OCH3 is 1. The minimum atomic E-state index is -0.438. The molecule has 0 saturated heterocycles. The molecule has 0 fully saturated rings. The van der Waals surface area contributed by atoms with Crippen molar-refractivity contribution in [2.75, 3.05) is 17.8 Å². The van der Waals surface area contributed by atoms with Crippen LogP contribution in [0.4, 0.5) is 15.8 Å². The molecule has 3 rings (SSSR count). The Morgan fingerprint density at radius 1 is 1.25 bits per heavy atom. The Labute approximate surface area is 184 Å². The number of amides is 1. The summed E-state index contributed by atoms with van der Waals surface area (Å²) in [7, 11) is 1.66. The lowest BCUT2D eigenvalue weighted by Crippen LogP contribution is -2.42. The molecule has 2 aromatic carbocycles. The van der Waals surface area contributed by atoms with Crippen LogP contribution in [0.5, 0.6) is 5.75 Å². The van der Waals surface area contributed by atoms with E-state index in [1.165, 1.54) is 12.1 Å². The summed E-state index contributed by atoms with van der Waals surface area (Å²) in [6, 6.07) is 10.2. The molecule has 0 radical (unpaired) electrons. The van der Waals surface area contributed by atoms with Gasteiger partial charge in [0.05, 0.1) is 21.8 Å². The van der Waals surface area contributed by atoms with E-state index in [0.717, 1.165) is 51.3 Å². The fourth-order valence-electron chi connectivity index (χ4n) is 3.57. The maximum atomic E-state index is 13.9. The molecular weight excluding hydrogens is 488 g/mol. The molecule has 2 aromatic rings. The Bertz CT molecular complexity index is 858. The van der Waals surface area contributed by atoms with Crippen LogP contribution in [0.15, 0.2) is 41.3 Å². The van der Waals surface area contributed by atoms with Gasteiger partial charge < -0.3 is 4.74 Å². The molecule has 0 aromatic heterocycles. The number of ether oxygens (including phenoxy) is 1. The van der Waals surface area contributed by atoms with Crippen LogP contribution in [0.3, 0.4) is 0 Å². The fraction of sp³-hybridized carbons (Fsp3) is 0.409. The van der Waals surface area contributed by atoms with Crippen LogP contribution in [0.25, 0.3) is 0 Å². The third-order valence-corrected chi connectivity index (χ3v) is 7.58. The van der Waals surface area contributed by atoms with E-state index in [-0.39, 0.29) is 11.7 Å². The van der Waals surface area contributed by atoms with Gasteiger partial charge in [-0.05, 0) is 71.8 Å². The van der Waals surface area contributed by atoms with Crippen LogP contribution in [-0.2, 0) is 4.79 Å². The molecule has 1 unspecified atom stereocenters. The van der Waals surface area contributed by atoms with Crippen LogP contribution in [0.1, 0.15) is 39.5 Å². The minimum absolute atomic E-state index is 0.0993. The molecule has 1 aliphatic heterocycles. The van der Waals surface area contributed by atoms with Gasteiger partial charge in [-0.2, -0.15) is 0 Å². The van der Waals surface area contributed by atoms with Crippen molar-refractivity contribution in [3.63, 3.8) is 0 Å². The molecule has 1 amide bonds. The van der Waals surface area contributed by atoms with E-state index in [2.05, 4.69) is 36.4 Å². The zero-order valence-corrected chi connectivity index (χ0v) is 19.4. The average Bonchev–Trinajstić information content (AvgIpc) is 2.81. The van der Waals surface area contributed by atoms with Gasteiger partial charge in [-0.3, -0.25) is 9.69 Å². The number of nitrogens with zero attached hydrogens (tertiary/aromatic N) is 1. The Hall–Kier alpha value is -1.28. The first-order valence-electron chi connectivity index (χ1n) is 9.56. The van der Waals surface area contributed by atoms with Crippen molar-refractivity contribution in [1.82, 2.24) is 0 Å². The Morgan fingerprint density at radius 3 is 2.57 bits per heavy atom. The molecule has 1 heterocycles. The summed E-state index contributed by atoms with van der Waals surface area (Å²) < 4.78 is 20.0. The highest BCUT2D eigenvalue weighted by Crippen LogP contribution is 2.49. The summed E-state index contributed by atoms with van der Waals surface area (Å²) in [4.78, 5) is 16.7. The summed E-state index contributed by atoms with van der Waals surface area (Å²) in [5.74, 6) is 1.33.